The minimum Gasteiger partial charge on any atom is -0.325 e. The summed E-state index contributed by atoms with van der Waals surface area (Å²) >= 11 is 0. The van der Waals surface area contributed by atoms with Gasteiger partial charge in [0.15, 0.2) is 0 Å². The highest BCUT2D eigenvalue weighted by molar-refractivity contribution is 5.92. The molecule has 0 unspecified atom stereocenters. The van der Waals surface area contributed by atoms with E-state index in [-0.39, 0.29) is 5.91 Å². The van der Waals surface area contributed by atoms with E-state index in [1.54, 1.807) is 4.68 Å². The number of tetrazole rings is 1. The van der Waals surface area contributed by atoms with E-state index in [1.807, 2.05) is 24.3 Å². The molecule has 7 nitrogen and oxygen atoms in total. The average molecular weight is 286 g/mol. The molecule has 1 aromatic carbocycles. The van der Waals surface area contributed by atoms with Gasteiger partial charge in [-0.05, 0) is 47.5 Å². The second-order valence-corrected chi connectivity index (χ2v) is 5.21. The summed E-state index contributed by atoms with van der Waals surface area (Å²) in [6.45, 7) is 0.361. The number of anilines is 1. The minimum atomic E-state index is -0.0166. The highest BCUT2D eigenvalue weighted by atomic mass is 16.1. The molecule has 1 aliphatic carbocycles. The molecule has 21 heavy (non-hydrogen) atoms. The first kappa shape index (κ1) is 13.7. The average Bonchev–Trinajstić information content (AvgIpc) is 3.19. The fraction of sp³-hybridized carbons (Fsp3) is 0.429. The van der Waals surface area contributed by atoms with Crippen molar-refractivity contribution in [1.29, 1.82) is 0 Å². The third-order valence-electron chi connectivity index (χ3n) is 3.67. The Hall–Kier alpha value is -2.28. The molecule has 110 valence electrons. The molecule has 1 saturated carbocycles. The van der Waals surface area contributed by atoms with Gasteiger partial charge in [0.05, 0.1) is 12.2 Å². The molecule has 0 bridgehead atoms. The Balaban J connectivity index is 1.51. The van der Waals surface area contributed by atoms with Gasteiger partial charge in [0.25, 0.3) is 0 Å². The lowest BCUT2D eigenvalue weighted by atomic mass is 10.2. The fourth-order valence-corrected chi connectivity index (χ4v) is 2.55. The van der Waals surface area contributed by atoms with E-state index >= 15 is 0 Å². The maximum Gasteiger partial charge on any atom is 0.238 e. The van der Waals surface area contributed by atoms with Crippen molar-refractivity contribution in [2.24, 2.45) is 0 Å². The molecule has 0 radical (unpaired) electrons. The zero-order valence-electron chi connectivity index (χ0n) is 11.7. The van der Waals surface area contributed by atoms with Crippen LogP contribution in [0.15, 0.2) is 30.6 Å². The molecular weight excluding hydrogens is 268 g/mol. The van der Waals surface area contributed by atoms with Crippen LogP contribution < -0.4 is 10.6 Å². The first-order valence-electron chi connectivity index (χ1n) is 7.18. The molecule has 1 aliphatic rings. The van der Waals surface area contributed by atoms with Crippen LogP contribution in [0.3, 0.4) is 0 Å². The Morgan fingerprint density at radius 3 is 2.67 bits per heavy atom. The molecular formula is C14H18N6O. The molecule has 1 amide bonds. The van der Waals surface area contributed by atoms with Gasteiger partial charge < -0.3 is 10.6 Å². The molecule has 1 aromatic heterocycles. The van der Waals surface area contributed by atoms with Crippen molar-refractivity contribution in [2.75, 3.05) is 11.9 Å². The monoisotopic (exact) mass is 286 g/mol. The van der Waals surface area contributed by atoms with E-state index in [0.717, 1.165) is 11.4 Å². The van der Waals surface area contributed by atoms with Crippen molar-refractivity contribution >= 4 is 11.6 Å². The summed E-state index contributed by atoms with van der Waals surface area (Å²) in [5, 5.41) is 17.1. The molecule has 0 saturated heterocycles. The van der Waals surface area contributed by atoms with Gasteiger partial charge in [-0.1, -0.05) is 12.8 Å². The van der Waals surface area contributed by atoms with Gasteiger partial charge in [0.2, 0.25) is 5.91 Å². The van der Waals surface area contributed by atoms with Gasteiger partial charge in [0, 0.05) is 11.7 Å². The van der Waals surface area contributed by atoms with Crippen LogP contribution in [0.1, 0.15) is 25.7 Å². The van der Waals surface area contributed by atoms with Gasteiger partial charge in [-0.25, -0.2) is 4.68 Å². The standard InChI is InChI=1S/C14H18N6O/c21-14(9-15-11-3-1-2-4-11)17-12-5-7-13(8-6-12)20-10-16-18-19-20/h5-8,10-11,15H,1-4,9H2,(H,17,21). The first-order chi connectivity index (χ1) is 10.3. The summed E-state index contributed by atoms with van der Waals surface area (Å²) in [7, 11) is 0. The number of hydrogen-bond donors (Lipinski definition) is 2. The first-order valence-corrected chi connectivity index (χ1v) is 7.18. The molecule has 0 aliphatic heterocycles. The number of nitrogens with zero attached hydrogens (tertiary/aromatic N) is 4. The van der Waals surface area contributed by atoms with Crippen LogP contribution in [0.25, 0.3) is 5.69 Å². The van der Waals surface area contributed by atoms with Crippen LogP contribution in [-0.4, -0.2) is 38.7 Å². The zero-order valence-corrected chi connectivity index (χ0v) is 11.7. The Labute approximate surface area is 122 Å². The fourth-order valence-electron chi connectivity index (χ4n) is 2.55. The SMILES string of the molecule is O=C(CNC1CCCC1)Nc1ccc(-n2cnnn2)cc1. The Morgan fingerprint density at radius 2 is 2.00 bits per heavy atom. The number of rotatable bonds is 5. The molecule has 7 heteroatoms. The van der Waals surface area contributed by atoms with E-state index in [0.29, 0.717) is 12.6 Å². The van der Waals surface area contributed by atoms with Crippen molar-refractivity contribution in [1.82, 2.24) is 25.5 Å². The Morgan fingerprint density at radius 1 is 1.24 bits per heavy atom. The predicted octanol–water partition coefficient (Wildman–Crippen LogP) is 1.13. The third kappa shape index (κ3) is 3.63. The third-order valence-corrected chi connectivity index (χ3v) is 3.67. The molecule has 2 N–H and O–H groups in total. The maximum atomic E-state index is 11.9. The summed E-state index contributed by atoms with van der Waals surface area (Å²) in [6.07, 6.45) is 6.40. The molecule has 1 heterocycles. The largest absolute Gasteiger partial charge is 0.325 e. The number of nitrogens with one attached hydrogen (secondary N) is 2. The molecule has 1 fully saturated rings. The lowest BCUT2D eigenvalue weighted by Gasteiger charge is -2.11. The highest BCUT2D eigenvalue weighted by Gasteiger charge is 2.15. The molecule has 0 spiro atoms. The van der Waals surface area contributed by atoms with E-state index < -0.39 is 0 Å². The molecule has 0 atom stereocenters. The van der Waals surface area contributed by atoms with Crippen LogP contribution in [0.2, 0.25) is 0 Å². The van der Waals surface area contributed by atoms with Crippen LogP contribution in [-0.2, 0) is 4.79 Å². The lowest BCUT2D eigenvalue weighted by molar-refractivity contribution is -0.115. The van der Waals surface area contributed by atoms with Crippen LogP contribution in [0, 0.1) is 0 Å². The minimum absolute atomic E-state index is 0.0166. The summed E-state index contributed by atoms with van der Waals surface area (Å²) in [6, 6.07) is 7.89. The van der Waals surface area contributed by atoms with E-state index in [2.05, 4.69) is 26.2 Å². The van der Waals surface area contributed by atoms with Crippen molar-refractivity contribution in [3.05, 3.63) is 30.6 Å². The number of amides is 1. The van der Waals surface area contributed by atoms with Gasteiger partial charge in [-0.2, -0.15) is 0 Å². The normalized spacial score (nSPS) is 15.2. The topological polar surface area (TPSA) is 84.7 Å². The summed E-state index contributed by atoms with van der Waals surface area (Å²) in [4.78, 5) is 11.9. The smallest absolute Gasteiger partial charge is 0.238 e. The molecule has 3 rings (SSSR count). The quantitative estimate of drug-likeness (QED) is 0.860. The summed E-state index contributed by atoms with van der Waals surface area (Å²) in [5.74, 6) is -0.0166. The van der Waals surface area contributed by atoms with Crippen molar-refractivity contribution < 1.29 is 4.79 Å². The van der Waals surface area contributed by atoms with Crippen molar-refractivity contribution in [3.63, 3.8) is 0 Å². The number of aromatic nitrogens is 4. The Kier molecular flexibility index (Phi) is 4.20. The van der Waals surface area contributed by atoms with Gasteiger partial charge in [-0.15, -0.1) is 5.10 Å². The van der Waals surface area contributed by atoms with Crippen molar-refractivity contribution in [2.45, 2.75) is 31.7 Å². The number of hydrogen-bond acceptors (Lipinski definition) is 5. The van der Waals surface area contributed by atoms with E-state index in [9.17, 15) is 4.79 Å². The van der Waals surface area contributed by atoms with E-state index in [1.165, 1.54) is 32.0 Å². The number of benzene rings is 1. The lowest BCUT2D eigenvalue weighted by Crippen LogP contribution is -2.34. The zero-order chi connectivity index (χ0) is 14.5. The predicted molar refractivity (Wildman–Crippen MR) is 78.0 cm³/mol. The van der Waals surface area contributed by atoms with Crippen molar-refractivity contribution in [3.8, 4) is 5.69 Å². The second kappa shape index (κ2) is 6.45. The summed E-state index contributed by atoms with van der Waals surface area (Å²) in [5.41, 5.74) is 1.62. The van der Waals surface area contributed by atoms with Crippen LogP contribution >= 0.6 is 0 Å². The summed E-state index contributed by atoms with van der Waals surface area (Å²) < 4.78 is 1.56. The maximum absolute atomic E-state index is 11.9. The van der Waals surface area contributed by atoms with Crippen LogP contribution in [0.4, 0.5) is 5.69 Å². The van der Waals surface area contributed by atoms with Gasteiger partial charge in [-0.3, -0.25) is 4.79 Å². The van der Waals surface area contributed by atoms with Crippen LogP contribution in [0.5, 0.6) is 0 Å². The van der Waals surface area contributed by atoms with E-state index in [4.69, 9.17) is 0 Å². The number of carbonyl (C=O) groups is 1. The van der Waals surface area contributed by atoms with Gasteiger partial charge >= 0.3 is 0 Å². The number of carbonyl (C=O) groups excluding carboxylic acids is 1. The second-order valence-electron chi connectivity index (χ2n) is 5.21. The highest BCUT2D eigenvalue weighted by Crippen LogP contribution is 2.17. The molecule has 2 aromatic rings. The Bertz CT molecular complexity index is 574. The van der Waals surface area contributed by atoms with Gasteiger partial charge in [0.1, 0.15) is 6.33 Å².